The van der Waals surface area contributed by atoms with E-state index in [-0.39, 0.29) is 0 Å². The number of thiophene rings is 1. The van der Waals surface area contributed by atoms with E-state index in [0.29, 0.717) is 17.5 Å². The topological polar surface area (TPSA) is 43.6 Å². The molecule has 0 aliphatic rings. The molecule has 11 aromatic rings. The second kappa shape index (κ2) is 13.3. The number of nitrogens with zero attached hydrogens (tertiary/aromatic N) is 4. The molecule has 0 saturated heterocycles. The molecule has 4 nitrogen and oxygen atoms in total. The van der Waals surface area contributed by atoms with Crippen LogP contribution in [0.5, 0.6) is 0 Å². The Morgan fingerprint density at radius 3 is 1.54 bits per heavy atom. The van der Waals surface area contributed by atoms with Crippen molar-refractivity contribution in [3.8, 4) is 62.1 Å². The molecule has 0 bridgehead atoms. The molecule has 5 heteroatoms. The molecule has 0 saturated carbocycles. The molecule has 0 unspecified atom stereocenters. The van der Waals surface area contributed by atoms with Crippen molar-refractivity contribution in [1.82, 2.24) is 19.5 Å². The highest BCUT2D eigenvalue weighted by molar-refractivity contribution is 7.26. The highest BCUT2D eigenvalue weighted by Gasteiger charge is 2.20. The second-order valence-corrected chi connectivity index (χ2v) is 15.1. The van der Waals surface area contributed by atoms with Gasteiger partial charge in [-0.3, -0.25) is 0 Å². The third kappa shape index (κ3) is 5.40. The SMILES string of the molecule is c1ccc(-c2cc(-c3ccccc3)c3sc4cccc(-c5nc(-c6ccccc6)nc(-c6ccc(-n7c8ccccc8c8ccccc87)cc6)n5)c4c3c2)cc1. The molecule has 0 amide bonds. The Morgan fingerprint density at radius 1 is 0.357 bits per heavy atom. The summed E-state index contributed by atoms with van der Waals surface area (Å²) in [7, 11) is 0. The Hall–Kier alpha value is -7.21. The maximum atomic E-state index is 5.27. The average molecular weight is 733 g/mol. The van der Waals surface area contributed by atoms with E-state index in [1.165, 1.54) is 58.8 Å². The molecule has 0 aliphatic carbocycles. The van der Waals surface area contributed by atoms with Gasteiger partial charge in [0.25, 0.3) is 0 Å². The fraction of sp³-hybridized carbons (Fsp3) is 0. The Balaban J connectivity index is 1.11. The van der Waals surface area contributed by atoms with E-state index in [4.69, 9.17) is 15.0 Å². The largest absolute Gasteiger partial charge is 0.309 e. The number of hydrogen-bond acceptors (Lipinski definition) is 4. The summed E-state index contributed by atoms with van der Waals surface area (Å²) in [5.41, 5.74) is 11.1. The normalized spacial score (nSPS) is 11.6. The van der Waals surface area contributed by atoms with Crippen LogP contribution in [0.1, 0.15) is 0 Å². The van der Waals surface area contributed by atoms with Crippen LogP contribution in [0, 0.1) is 0 Å². The first-order valence-electron chi connectivity index (χ1n) is 18.8. The van der Waals surface area contributed by atoms with Gasteiger partial charge in [-0.15, -0.1) is 11.3 Å². The minimum Gasteiger partial charge on any atom is -0.309 e. The van der Waals surface area contributed by atoms with Crippen molar-refractivity contribution >= 4 is 53.3 Å². The quantitative estimate of drug-likeness (QED) is 0.171. The number of benzene rings is 8. The first kappa shape index (κ1) is 32.2. The number of fused-ring (bicyclic) bond motifs is 6. The molecule has 11 rings (SSSR count). The first-order chi connectivity index (χ1) is 27.8. The van der Waals surface area contributed by atoms with Crippen molar-refractivity contribution in [2.45, 2.75) is 0 Å². The summed E-state index contributed by atoms with van der Waals surface area (Å²) in [6.45, 7) is 0. The average Bonchev–Trinajstić information content (AvgIpc) is 3.83. The highest BCUT2D eigenvalue weighted by Crippen LogP contribution is 2.46. The maximum Gasteiger partial charge on any atom is 0.164 e. The summed E-state index contributed by atoms with van der Waals surface area (Å²) in [4.78, 5) is 15.6. The molecule has 56 heavy (non-hydrogen) atoms. The van der Waals surface area contributed by atoms with Crippen molar-refractivity contribution in [1.29, 1.82) is 0 Å². The fourth-order valence-electron chi connectivity index (χ4n) is 8.05. The summed E-state index contributed by atoms with van der Waals surface area (Å²) in [5.74, 6) is 1.93. The van der Waals surface area contributed by atoms with Gasteiger partial charge in [0.2, 0.25) is 0 Å². The van der Waals surface area contributed by atoms with E-state index >= 15 is 0 Å². The van der Waals surface area contributed by atoms with Gasteiger partial charge in [0.05, 0.1) is 11.0 Å². The van der Waals surface area contributed by atoms with Gasteiger partial charge in [-0.1, -0.05) is 140 Å². The second-order valence-electron chi connectivity index (χ2n) is 14.0. The van der Waals surface area contributed by atoms with Crippen LogP contribution in [0.4, 0.5) is 0 Å². The van der Waals surface area contributed by atoms with Crippen LogP contribution < -0.4 is 0 Å². The van der Waals surface area contributed by atoms with Gasteiger partial charge in [-0.05, 0) is 71.3 Å². The molecule has 262 valence electrons. The molecular weight excluding hydrogens is 701 g/mol. The molecule has 0 fully saturated rings. The first-order valence-corrected chi connectivity index (χ1v) is 19.6. The van der Waals surface area contributed by atoms with Crippen molar-refractivity contribution in [2.75, 3.05) is 0 Å². The van der Waals surface area contributed by atoms with Crippen LogP contribution in [0.25, 0.3) is 104 Å². The van der Waals surface area contributed by atoms with Crippen molar-refractivity contribution in [2.24, 2.45) is 0 Å². The minimum absolute atomic E-state index is 0.633. The Bertz CT molecular complexity index is 3170. The molecule has 3 heterocycles. The zero-order valence-electron chi connectivity index (χ0n) is 30.2. The minimum atomic E-state index is 0.633. The standard InChI is InChI=1S/C51H32N4S/c1-4-15-33(16-5-1)37-31-42(34-17-6-2-7-18-34)48-43(32-37)47-41(23-14-26-46(47)56-48)51-53-49(35-19-8-3-9-20-35)52-50(54-51)36-27-29-38(30-28-36)55-44-24-12-10-21-39(44)40-22-11-13-25-45(40)55/h1-32H. The summed E-state index contributed by atoms with van der Waals surface area (Å²) < 4.78 is 4.77. The van der Waals surface area contributed by atoms with E-state index in [1.807, 2.05) is 29.5 Å². The smallest absolute Gasteiger partial charge is 0.164 e. The number of rotatable bonds is 6. The number of aromatic nitrogens is 4. The Kier molecular flexibility index (Phi) is 7.64. The Labute approximate surface area is 327 Å². The molecule has 0 radical (unpaired) electrons. The van der Waals surface area contributed by atoms with E-state index in [0.717, 1.165) is 27.8 Å². The lowest BCUT2D eigenvalue weighted by atomic mass is 9.95. The monoisotopic (exact) mass is 732 g/mol. The molecule has 8 aromatic carbocycles. The zero-order valence-corrected chi connectivity index (χ0v) is 31.0. The van der Waals surface area contributed by atoms with E-state index < -0.39 is 0 Å². The lowest BCUT2D eigenvalue weighted by Crippen LogP contribution is -2.01. The van der Waals surface area contributed by atoms with Gasteiger partial charge in [0, 0.05) is 58.9 Å². The molecule has 3 aromatic heterocycles. The van der Waals surface area contributed by atoms with Gasteiger partial charge < -0.3 is 4.57 Å². The van der Waals surface area contributed by atoms with Gasteiger partial charge in [-0.25, -0.2) is 15.0 Å². The van der Waals surface area contributed by atoms with Crippen LogP contribution in [0.3, 0.4) is 0 Å². The van der Waals surface area contributed by atoms with Gasteiger partial charge in [-0.2, -0.15) is 0 Å². The van der Waals surface area contributed by atoms with Crippen LogP contribution in [0.2, 0.25) is 0 Å². The summed E-state index contributed by atoms with van der Waals surface area (Å²) in [6.07, 6.45) is 0. The molecule has 0 N–H and O–H groups in total. The van der Waals surface area contributed by atoms with E-state index in [9.17, 15) is 0 Å². The van der Waals surface area contributed by atoms with Crippen LogP contribution in [-0.2, 0) is 0 Å². The number of para-hydroxylation sites is 2. The molecule has 0 atom stereocenters. The van der Waals surface area contributed by atoms with Crippen molar-refractivity contribution < 1.29 is 0 Å². The molecule has 0 spiro atoms. The molecule has 0 aliphatic heterocycles. The van der Waals surface area contributed by atoms with Gasteiger partial charge in [0.15, 0.2) is 17.5 Å². The molecular formula is C51H32N4S. The zero-order chi connectivity index (χ0) is 37.0. The maximum absolute atomic E-state index is 5.27. The van der Waals surface area contributed by atoms with Crippen LogP contribution >= 0.6 is 11.3 Å². The lowest BCUT2D eigenvalue weighted by Gasteiger charge is -2.12. The summed E-state index contributed by atoms with van der Waals surface area (Å²) in [5, 5.41) is 4.83. The Morgan fingerprint density at radius 2 is 0.893 bits per heavy atom. The van der Waals surface area contributed by atoms with Crippen LogP contribution in [-0.4, -0.2) is 19.5 Å². The van der Waals surface area contributed by atoms with Crippen molar-refractivity contribution in [3.63, 3.8) is 0 Å². The highest BCUT2D eigenvalue weighted by atomic mass is 32.1. The lowest BCUT2D eigenvalue weighted by molar-refractivity contribution is 1.07. The fourth-order valence-corrected chi connectivity index (χ4v) is 9.29. The third-order valence-corrected chi connectivity index (χ3v) is 11.9. The predicted molar refractivity (Wildman–Crippen MR) is 234 cm³/mol. The van der Waals surface area contributed by atoms with Gasteiger partial charge in [0.1, 0.15) is 0 Å². The summed E-state index contributed by atoms with van der Waals surface area (Å²) >= 11 is 1.83. The number of hydrogen-bond donors (Lipinski definition) is 0. The van der Waals surface area contributed by atoms with Gasteiger partial charge >= 0.3 is 0 Å². The summed E-state index contributed by atoms with van der Waals surface area (Å²) in [6, 6.07) is 68.5. The van der Waals surface area contributed by atoms with E-state index in [2.05, 4.69) is 180 Å². The van der Waals surface area contributed by atoms with E-state index in [1.54, 1.807) is 0 Å². The predicted octanol–water partition coefficient (Wildman–Crippen LogP) is 13.7. The third-order valence-electron chi connectivity index (χ3n) is 10.7. The van der Waals surface area contributed by atoms with Crippen LogP contribution in [0.15, 0.2) is 194 Å². The van der Waals surface area contributed by atoms with Crippen molar-refractivity contribution in [3.05, 3.63) is 194 Å².